The Hall–Kier alpha value is -1.83. The van der Waals surface area contributed by atoms with Crippen molar-refractivity contribution in [3.8, 4) is 17.0 Å². The molecule has 1 N–H and O–H groups in total. The predicted octanol–water partition coefficient (Wildman–Crippen LogP) is 3.19. The molecule has 1 heterocycles. The SMILES string of the molecule is CC1Cc2ccc(-c3ccc(O)cn3)cc2C1. The highest BCUT2D eigenvalue weighted by atomic mass is 16.3. The first-order chi connectivity index (χ1) is 8.22. The van der Waals surface area contributed by atoms with Crippen molar-refractivity contribution in [2.45, 2.75) is 19.8 Å². The topological polar surface area (TPSA) is 33.1 Å². The van der Waals surface area contributed by atoms with Crippen LogP contribution in [-0.4, -0.2) is 10.1 Å². The fourth-order valence-electron chi connectivity index (χ4n) is 2.55. The molecule has 1 aliphatic rings. The lowest BCUT2D eigenvalue weighted by atomic mass is 10.0. The van der Waals surface area contributed by atoms with Crippen molar-refractivity contribution in [3.63, 3.8) is 0 Å². The lowest BCUT2D eigenvalue weighted by Crippen LogP contribution is -1.89. The molecule has 1 aliphatic carbocycles. The van der Waals surface area contributed by atoms with Crippen molar-refractivity contribution < 1.29 is 5.11 Å². The summed E-state index contributed by atoms with van der Waals surface area (Å²) in [5.74, 6) is 0.969. The lowest BCUT2D eigenvalue weighted by Gasteiger charge is -2.04. The first kappa shape index (κ1) is 10.3. The van der Waals surface area contributed by atoms with Gasteiger partial charge in [0.2, 0.25) is 0 Å². The van der Waals surface area contributed by atoms with Crippen LogP contribution in [0.1, 0.15) is 18.1 Å². The summed E-state index contributed by atoms with van der Waals surface area (Å²) in [6.45, 7) is 2.29. The number of fused-ring (bicyclic) bond motifs is 1. The predicted molar refractivity (Wildman–Crippen MR) is 67.9 cm³/mol. The zero-order chi connectivity index (χ0) is 11.8. The summed E-state index contributed by atoms with van der Waals surface area (Å²) in [5.41, 5.74) is 4.98. The molecule has 2 heteroatoms. The van der Waals surface area contributed by atoms with Crippen LogP contribution in [0.15, 0.2) is 36.5 Å². The number of pyridine rings is 1. The third kappa shape index (κ3) is 1.91. The normalized spacial score (nSPS) is 18.1. The van der Waals surface area contributed by atoms with Crippen LogP contribution in [0.5, 0.6) is 5.75 Å². The van der Waals surface area contributed by atoms with Crippen LogP contribution in [0.3, 0.4) is 0 Å². The molecule has 0 amide bonds. The van der Waals surface area contributed by atoms with E-state index >= 15 is 0 Å². The van der Waals surface area contributed by atoms with E-state index in [1.54, 1.807) is 6.07 Å². The summed E-state index contributed by atoms with van der Waals surface area (Å²) in [6.07, 6.45) is 3.85. The molecule has 1 aromatic heterocycles. The number of benzene rings is 1. The molecule has 0 aliphatic heterocycles. The van der Waals surface area contributed by atoms with E-state index in [0.717, 1.165) is 17.2 Å². The Morgan fingerprint density at radius 2 is 1.94 bits per heavy atom. The minimum absolute atomic E-state index is 0.212. The van der Waals surface area contributed by atoms with Gasteiger partial charge in [-0.1, -0.05) is 19.1 Å². The Bertz CT molecular complexity index is 545. The van der Waals surface area contributed by atoms with Crippen LogP contribution in [0, 0.1) is 5.92 Å². The van der Waals surface area contributed by atoms with Gasteiger partial charge in [0, 0.05) is 5.56 Å². The smallest absolute Gasteiger partial charge is 0.133 e. The average molecular weight is 225 g/mol. The Morgan fingerprint density at radius 1 is 1.12 bits per heavy atom. The van der Waals surface area contributed by atoms with E-state index in [4.69, 9.17) is 0 Å². The highest BCUT2D eigenvalue weighted by molar-refractivity contribution is 5.62. The summed E-state index contributed by atoms with van der Waals surface area (Å²) in [7, 11) is 0. The van der Waals surface area contributed by atoms with Gasteiger partial charge in [-0.15, -0.1) is 0 Å². The molecule has 3 rings (SSSR count). The summed E-state index contributed by atoms with van der Waals surface area (Å²) in [5, 5.41) is 9.23. The van der Waals surface area contributed by atoms with Gasteiger partial charge < -0.3 is 5.11 Å². The monoisotopic (exact) mass is 225 g/mol. The fourth-order valence-corrected chi connectivity index (χ4v) is 2.55. The van der Waals surface area contributed by atoms with Gasteiger partial charge in [0.05, 0.1) is 11.9 Å². The van der Waals surface area contributed by atoms with E-state index in [1.807, 2.05) is 6.07 Å². The van der Waals surface area contributed by atoms with Gasteiger partial charge in [-0.05, 0) is 48.1 Å². The molecule has 0 fully saturated rings. The number of rotatable bonds is 1. The largest absolute Gasteiger partial charge is 0.506 e. The minimum atomic E-state index is 0.212. The third-order valence-electron chi connectivity index (χ3n) is 3.39. The molecule has 1 atom stereocenters. The molecule has 1 aromatic carbocycles. The molecule has 2 aromatic rings. The van der Waals surface area contributed by atoms with E-state index in [0.29, 0.717) is 0 Å². The van der Waals surface area contributed by atoms with Gasteiger partial charge in [-0.3, -0.25) is 4.98 Å². The minimum Gasteiger partial charge on any atom is -0.506 e. The van der Waals surface area contributed by atoms with E-state index < -0.39 is 0 Å². The van der Waals surface area contributed by atoms with Gasteiger partial charge in [0.25, 0.3) is 0 Å². The van der Waals surface area contributed by atoms with Crippen molar-refractivity contribution >= 4 is 0 Å². The van der Waals surface area contributed by atoms with Crippen molar-refractivity contribution in [2.24, 2.45) is 5.92 Å². The second kappa shape index (κ2) is 3.88. The van der Waals surface area contributed by atoms with Crippen molar-refractivity contribution in [2.75, 3.05) is 0 Å². The number of aromatic hydroxyl groups is 1. The lowest BCUT2D eigenvalue weighted by molar-refractivity contribution is 0.473. The molecule has 0 bridgehead atoms. The van der Waals surface area contributed by atoms with Crippen LogP contribution < -0.4 is 0 Å². The summed E-state index contributed by atoms with van der Waals surface area (Å²) in [4.78, 5) is 4.24. The Kier molecular flexibility index (Phi) is 2.36. The zero-order valence-electron chi connectivity index (χ0n) is 9.85. The summed E-state index contributed by atoms with van der Waals surface area (Å²) >= 11 is 0. The second-order valence-corrected chi connectivity index (χ2v) is 4.90. The van der Waals surface area contributed by atoms with E-state index in [9.17, 15) is 5.11 Å². The van der Waals surface area contributed by atoms with Crippen LogP contribution >= 0.6 is 0 Å². The molecular weight excluding hydrogens is 210 g/mol. The molecule has 1 unspecified atom stereocenters. The molecular formula is C15H15NO. The average Bonchev–Trinajstić information content (AvgIpc) is 2.69. The van der Waals surface area contributed by atoms with Crippen molar-refractivity contribution in [3.05, 3.63) is 47.7 Å². The summed E-state index contributed by atoms with van der Waals surface area (Å²) in [6, 6.07) is 10.1. The van der Waals surface area contributed by atoms with Gasteiger partial charge in [-0.2, -0.15) is 0 Å². The van der Waals surface area contributed by atoms with Crippen LogP contribution in [0.25, 0.3) is 11.3 Å². The number of hydrogen-bond donors (Lipinski definition) is 1. The van der Waals surface area contributed by atoms with Crippen LogP contribution in [-0.2, 0) is 12.8 Å². The van der Waals surface area contributed by atoms with Gasteiger partial charge in [-0.25, -0.2) is 0 Å². The maximum Gasteiger partial charge on any atom is 0.133 e. The Balaban J connectivity index is 2.00. The van der Waals surface area contributed by atoms with Gasteiger partial charge in [0.1, 0.15) is 5.75 Å². The molecule has 86 valence electrons. The molecule has 0 saturated carbocycles. The molecule has 0 radical (unpaired) electrons. The molecule has 0 saturated heterocycles. The Labute approximate surface area is 101 Å². The van der Waals surface area contributed by atoms with Gasteiger partial charge in [0.15, 0.2) is 0 Å². The molecule has 2 nitrogen and oxygen atoms in total. The number of hydrogen-bond acceptors (Lipinski definition) is 2. The maximum atomic E-state index is 9.23. The highest BCUT2D eigenvalue weighted by Gasteiger charge is 2.17. The van der Waals surface area contributed by atoms with Crippen LogP contribution in [0.2, 0.25) is 0 Å². The zero-order valence-corrected chi connectivity index (χ0v) is 9.85. The first-order valence-corrected chi connectivity index (χ1v) is 5.99. The van der Waals surface area contributed by atoms with E-state index in [1.165, 1.54) is 30.2 Å². The number of nitrogens with zero attached hydrogens (tertiary/aromatic N) is 1. The van der Waals surface area contributed by atoms with Crippen molar-refractivity contribution in [1.82, 2.24) is 4.98 Å². The highest BCUT2D eigenvalue weighted by Crippen LogP contribution is 2.30. The molecule has 17 heavy (non-hydrogen) atoms. The third-order valence-corrected chi connectivity index (χ3v) is 3.39. The molecule has 0 spiro atoms. The Morgan fingerprint density at radius 3 is 2.71 bits per heavy atom. The standard InChI is InChI=1S/C15H15NO/c1-10-6-11-2-3-12(8-13(11)7-10)15-5-4-14(17)9-16-15/h2-5,8-10,17H,6-7H2,1H3. The quantitative estimate of drug-likeness (QED) is 0.808. The summed E-state index contributed by atoms with van der Waals surface area (Å²) < 4.78 is 0. The van der Waals surface area contributed by atoms with Crippen molar-refractivity contribution in [1.29, 1.82) is 0 Å². The fraction of sp³-hybridized carbons (Fsp3) is 0.267. The maximum absolute atomic E-state index is 9.23. The first-order valence-electron chi connectivity index (χ1n) is 5.99. The number of aromatic nitrogens is 1. The van der Waals surface area contributed by atoms with E-state index in [-0.39, 0.29) is 5.75 Å². The second-order valence-electron chi connectivity index (χ2n) is 4.90. The van der Waals surface area contributed by atoms with Crippen LogP contribution in [0.4, 0.5) is 0 Å². The van der Waals surface area contributed by atoms with E-state index in [2.05, 4.69) is 30.1 Å². The van der Waals surface area contributed by atoms with Gasteiger partial charge >= 0.3 is 0 Å².